The molecule has 98 valence electrons. The highest BCUT2D eigenvalue weighted by Crippen LogP contribution is 2.29. The number of benzene rings is 2. The second kappa shape index (κ2) is 4.99. The number of rotatable bonds is 2. The molecule has 2 aromatic carbocycles. The molecule has 19 heavy (non-hydrogen) atoms. The van der Waals surface area contributed by atoms with E-state index in [0.717, 1.165) is 28.1 Å². The lowest BCUT2D eigenvalue weighted by molar-refractivity contribution is 0.220. The molecule has 1 N–H and O–H groups in total. The van der Waals surface area contributed by atoms with Crippen molar-refractivity contribution in [3.63, 3.8) is 0 Å². The summed E-state index contributed by atoms with van der Waals surface area (Å²) in [4.78, 5) is 0. The smallest absolute Gasteiger partial charge is 0.104 e. The Bertz CT molecular complexity index is 619. The summed E-state index contributed by atoms with van der Waals surface area (Å²) in [7, 11) is 0. The van der Waals surface area contributed by atoms with Crippen molar-refractivity contribution in [1.29, 1.82) is 0 Å². The molecular formula is C17H17ClO. The number of aliphatic hydroxyl groups excluding tert-OH is 1. The van der Waals surface area contributed by atoms with E-state index in [-0.39, 0.29) is 0 Å². The lowest BCUT2D eigenvalue weighted by Crippen LogP contribution is -2.01. The fourth-order valence-corrected chi connectivity index (χ4v) is 2.91. The van der Waals surface area contributed by atoms with Gasteiger partial charge in [0.05, 0.1) is 0 Å². The van der Waals surface area contributed by atoms with Crippen molar-refractivity contribution in [3.8, 4) is 0 Å². The molecule has 0 bridgehead atoms. The Hall–Kier alpha value is -1.31. The van der Waals surface area contributed by atoms with Crippen molar-refractivity contribution in [2.75, 3.05) is 0 Å². The zero-order valence-electron chi connectivity index (χ0n) is 11.0. The van der Waals surface area contributed by atoms with E-state index in [9.17, 15) is 5.11 Å². The van der Waals surface area contributed by atoms with Crippen LogP contribution in [0.4, 0.5) is 0 Å². The summed E-state index contributed by atoms with van der Waals surface area (Å²) in [6, 6.07) is 12.1. The highest BCUT2D eigenvalue weighted by Gasteiger charge is 2.16. The first-order valence-electron chi connectivity index (χ1n) is 6.71. The molecule has 0 fully saturated rings. The summed E-state index contributed by atoms with van der Waals surface area (Å²) < 4.78 is 0. The van der Waals surface area contributed by atoms with Crippen molar-refractivity contribution < 1.29 is 5.11 Å². The van der Waals surface area contributed by atoms with Crippen LogP contribution < -0.4 is 0 Å². The van der Waals surface area contributed by atoms with Crippen LogP contribution in [-0.2, 0) is 12.8 Å². The molecule has 1 nitrogen and oxygen atoms in total. The van der Waals surface area contributed by atoms with E-state index in [1.165, 1.54) is 24.0 Å². The molecule has 1 aliphatic rings. The zero-order valence-corrected chi connectivity index (χ0v) is 11.7. The highest BCUT2D eigenvalue weighted by molar-refractivity contribution is 6.31. The third-order valence-corrected chi connectivity index (χ3v) is 4.36. The quantitative estimate of drug-likeness (QED) is 0.868. The summed E-state index contributed by atoms with van der Waals surface area (Å²) >= 11 is 6.03. The number of hydrogen-bond acceptors (Lipinski definition) is 1. The molecular weight excluding hydrogens is 256 g/mol. The molecule has 0 radical (unpaired) electrons. The minimum atomic E-state index is -0.568. The van der Waals surface area contributed by atoms with E-state index < -0.39 is 6.10 Å². The van der Waals surface area contributed by atoms with Crippen LogP contribution in [0.5, 0.6) is 0 Å². The van der Waals surface area contributed by atoms with E-state index >= 15 is 0 Å². The Morgan fingerprint density at radius 2 is 1.68 bits per heavy atom. The molecule has 2 aromatic rings. The Morgan fingerprint density at radius 1 is 1.00 bits per heavy atom. The van der Waals surface area contributed by atoms with Gasteiger partial charge in [0.25, 0.3) is 0 Å². The summed E-state index contributed by atoms with van der Waals surface area (Å²) in [5.74, 6) is 0. The van der Waals surface area contributed by atoms with E-state index in [0.29, 0.717) is 0 Å². The van der Waals surface area contributed by atoms with Gasteiger partial charge < -0.3 is 5.11 Å². The molecule has 0 amide bonds. The van der Waals surface area contributed by atoms with Crippen molar-refractivity contribution in [3.05, 3.63) is 69.2 Å². The topological polar surface area (TPSA) is 20.2 Å². The molecule has 2 heteroatoms. The van der Waals surface area contributed by atoms with Gasteiger partial charge in [-0.2, -0.15) is 0 Å². The maximum Gasteiger partial charge on any atom is 0.104 e. The molecule has 0 heterocycles. The molecule has 0 saturated carbocycles. The van der Waals surface area contributed by atoms with E-state index in [1.54, 1.807) is 0 Å². The van der Waals surface area contributed by atoms with Crippen molar-refractivity contribution in [2.45, 2.75) is 32.3 Å². The fourth-order valence-electron chi connectivity index (χ4n) is 2.79. The maximum atomic E-state index is 10.5. The van der Waals surface area contributed by atoms with E-state index in [1.807, 2.05) is 31.2 Å². The first kappa shape index (κ1) is 12.7. The Morgan fingerprint density at radius 3 is 2.47 bits per heavy atom. The second-order valence-corrected chi connectivity index (χ2v) is 5.70. The standard InChI is InChI=1S/C17H17ClO/c1-11-9-14(7-8-16(11)18)17(19)15-6-5-12-3-2-4-13(12)10-15/h5-10,17,19H,2-4H2,1H3. The van der Waals surface area contributed by atoms with E-state index in [2.05, 4.69) is 12.1 Å². The predicted molar refractivity (Wildman–Crippen MR) is 78.7 cm³/mol. The van der Waals surface area contributed by atoms with Gasteiger partial charge in [0.1, 0.15) is 6.10 Å². The predicted octanol–water partition coefficient (Wildman–Crippen LogP) is 4.22. The third-order valence-electron chi connectivity index (χ3n) is 3.94. The average molecular weight is 273 g/mol. The molecule has 0 aromatic heterocycles. The Labute approximate surface area is 118 Å². The Kier molecular flexibility index (Phi) is 3.34. The number of aryl methyl sites for hydroxylation is 3. The minimum absolute atomic E-state index is 0.568. The molecule has 0 spiro atoms. The van der Waals surface area contributed by atoms with Crippen LogP contribution in [0, 0.1) is 6.92 Å². The molecule has 1 aliphatic carbocycles. The largest absolute Gasteiger partial charge is 0.384 e. The lowest BCUT2D eigenvalue weighted by Gasteiger charge is -2.14. The monoisotopic (exact) mass is 272 g/mol. The van der Waals surface area contributed by atoms with Gasteiger partial charge in [0, 0.05) is 5.02 Å². The maximum absolute atomic E-state index is 10.5. The van der Waals surface area contributed by atoms with Crippen LogP contribution in [0.2, 0.25) is 5.02 Å². The van der Waals surface area contributed by atoms with Crippen molar-refractivity contribution in [1.82, 2.24) is 0 Å². The summed E-state index contributed by atoms with van der Waals surface area (Å²) in [6.45, 7) is 1.96. The van der Waals surface area contributed by atoms with Gasteiger partial charge in [-0.25, -0.2) is 0 Å². The SMILES string of the molecule is Cc1cc(C(O)c2ccc3c(c2)CCC3)ccc1Cl. The van der Waals surface area contributed by atoms with Gasteiger partial charge in [0.2, 0.25) is 0 Å². The highest BCUT2D eigenvalue weighted by atomic mass is 35.5. The number of hydrogen-bond donors (Lipinski definition) is 1. The van der Waals surface area contributed by atoms with Gasteiger partial charge >= 0.3 is 0 Å². The average Bonchev–Trinajstić information content (AvgIpc) is 2.88. The van der Waals surface area contributed by atoms with Gasteiger partial charge in [-0.3, -0.25) is 0 Å². The Balaban J connectivity index is 1.94. The minimum Gasteiger partial charge on any atom is -0.384 e. The molecule has 3 rings (SSSR count). The van der Waals surface area contributed by atoms with Crippen LogP contribution >= 0.6 is 11.6 Å². The zero-order chi connectivity index (χ0) is 13.4. The normalized spacial score (nSPS) is 15.3. The molecule has 1 unspecified atom stereocenters. The summed E-state index contributed by atoms with van der Waals surface area (Å²) in [6.07, 6.45) is 2.97. The second-order valence-electron chi connectivity index (χ2n) is 5.29. The first-order chi connectivity index (χ1) is 9.15. The first-order valence-corrected chi connectivity index (χ1v) is 7.09. The number of aliphatic hydroxyl groups is 1. The van der Waals surface area contributed by atoms with Crippen molar-refractivity contribution in [2.24, 2.45) is 0 Å². The van der Waals surface area contributed by atoms with Gasteiger partial charge in [-0.05, 0) is 60.1 Å². The van der Waals surface area contributed by atoms with Gasteiger partial charge in [0.15, 0.2) is 0 Å². The van der Waals surface area contributed by atoms with Crippen LogP contribution in [-0.4, -0.2) is 5.11 Å². The third kappa shape index (κ3) is 2.41. The summed E-state index contributed by atoms with van der Waals surface area (Å²) in [5, 5.41) is 11.2. The fraction of sp³-hybridized carbons (Fsp3) is 0.294. The molecule has 0 aliphatic heterocycles. The number of fused-ring (bicyclic) bond motifs is 1. The van der Waals surface area contributed by atoms with Crippen LogP contribution in [0.3, 0.4) is 0 Å². The molecule has 0 saturated heterocycles. The number of halogens is 1. The molecule has 1 atom stereocenters. The van der Waals surface area contributed by atoms with Crippen molar-refractivity contribution >= 4 is 11.6 Å². The lowest BCUT2D eigenvalue weighted by atomic mass is 9.97. The van der Waals surface area contributed by atoms with Crippen LogP contribution in [0.15, 0.2) is 36.4 Å². The summed E-state index contributed by atoms with van der Waals surface area (Å²) in [5.41, 5.74) is 5.70. The van der Waals surface area contributed by atoms with E-state index in [4.69, 9.17) is 11.6 Å². The van der Waals surface area contributed by atoms with Crippen LogP contribution in [0.1, 0.15) is 40.3 Å². The van der Waals surface area contributed by atoms with Gasteiger partial charge in [-0.15, -0.1) is 0 Å². The van der Waals surface area contributed by atoms with Gasteiger partial charge in [-0.1, -0.05) is 41.9 Å². The van der Waals surface area contributed by atoms with Crippen LogP contribution in [0.25, 0.3) is 0 Å².